The summed E-state index contributed by atoms with van der Waals surface area (Å²) in [4.78, 5) is 72.7. The van der Waals surface area contributed by atoms with E-state index in [4.69, 9.17) is 0 Å². The summed E-state index contributed by atoms with van der Waals surface area (Å²) in [5.41, 5.74) is 4.12. The van der Waals surface area contributed by atoms with Gasteiger partial charge >= 0.3 is 11.9 Å². The molecular weight excluding hydrogens is 737 g/mol. The molecule has 0 unspecified atom stereocenters. The number of amides is 2. The van der Waals surface area contributed by atoms with E-state index >= 15 is 0 Å². The van der Waals surface area contributed by atoms with E-state index in [1.54, 1.807) is 0 Å². The first-order chi connectivity index (χ1) is 25.6. The van der Waals surface area contributed by atoms with E-state index in [-0.39, 0.29) is 24.2 Å². The summed E-state index contributed by atoms with van der Waals surface area (Å²) in [5.74, 6) is -3.00. The average molecular weight is 771 g/mol. The number of benzene rings is 4. The number of carbonyl (C=O) groups is 4. The van der Waals surface area contributed by atoms with Gasteiger partial charge in [0, 0.05) is 35.6 Å². The number of hydrogen-bond donors (Lipinski definition) is 2. The lowest BCUT2D eigenvalue weighted by atomic mass is 9.98. The molecular formula is C38H34N4O10S2. The molecule has 2 saturated heterocycles. The topological polar surface area (TPSA) is 201 Å². The number of rotatable bonds is 13. The van der Waals surface area contributed by atoms with Crippen LogP contribution in [0.4, 0.5) is 22.7 Å². The zero-order valence-electron chi connectivity index (χ0n) is 29.0. The highest BCUT2D eigenvalue weighted by atomic mass is 32.2. The summed E-state index contributed by atoms with van der Waals surface area (Å²) >= 11 is 2.45. The molecule has 2 N–H and O–H groups in total. The quantitative estimate of drug-likeness (QED) is 0.106. The van der Waals surface area contributed by atoms with Gasteiger partial charge in [-0.15, -0.1) is 23.5 Å². The van der Waals surface area contributed by atoms with Crippen molar-refractivity contribution in [3.8, 4) is 0 Å². The second-order valence-corrected chi connectivity index (χ2v) is 16.4. The first-order valence-corrected chi connectivity index (χ1v) is 18.5. The van der Waals surface area contributed by atoms with Crippen LogP contribution in [-0.4, -0.2) is 54.3 Å². The minimum Gasteiger partial charge on any atom is -0.481 e. The van der Waals surface area contributed by atoms with Gasteiger partial charge in [-0.3, -0.25) is 49.2 Å². The number of aliphatic carboxylic acids is 2. The first-order valence-electron chi connectivity index (χ1n) is 16.8. The molecule has 0 spiro atoms. The number of carboxylic acid groups (broad SMARTS) is 2. The molecule has 16 heteroatoms. The average Bonchev–Trinajstić information content (AvgIpc) is 3.54. The van der Waals surface area contributed by atoms with Gasteiger partial charge in [-0.1, -0.05) is 48.5 Å². The van der Waals surface area contributed by atoms with Crippen LogP contribution in [0.3, 0.4) is 0 Å². The molecule has 6 rings (SSSR count). The van der Waals surface area contributed by atoms with Gasteiger partial charge < -0.3 is 10.2 Å². The van der Waals surface area contributed by atoms with Crippen molar-refractivity contribution in [3.05, 3.63) is 140 Å². The van der Waals surface area contributed by atoms with Crippen molar-refractivity contribution in [2.24, 2.45) is 0 Å². The highest BCUT2D eigenvalue weighted by molar-refractivity contribution is 8.02. The SMILES string of the molecule is C[C@@]1(c2ccc(CCc3ccc([C@]4(C)S[C@@H](CC(=O)O)C(=O)N4c4ccc([N+](=O)[O-])cc4)cc3)cc2)S[C@@H](CC(=O)O)C(=O)N1c1ccc([N+](=O)[O-])cc1. The maximum atomic E-state index is 13.5. The fraction of sp³-hybridized carbons (Fsp3) is 0.263. The van der Waals surface area contributed by atoms with E-state index in [2.05, 4.69) is 0 Å². The number of nitrogens with zero attached hydrogens (tertiary/aromatic N) is 4. The molecule has 0 radical (unpaired) electrons. The second kappa shape index (κ2) is 14.9. The number of anilines is 2. The molecule has 4 atom stereocenters. The van der Waals surface area contributed by atoms with E-state index in [0.29, 0.717) is 24.2 Å². The number of nitro benzene ring substituents is 2. The molecule has 14 nitrogen and oxygen atoms in total. The molecule has 278 valence electrons. The lowest BCUT2D eigenvalue weighted by Crippen LogP contribution is -2.41. The Morgan fingerprint density at radius 3 is 1.20 bits per heavy atom. The number of carbonyl (C=O) groups excluding carboxylic acids is 2. The van der Waals surface area contributed by atoms with E-state index in [0.717, 1.165) is 22.3 Å². The maximum absolute atomic E-state index is 13.5. The summed E-state index contributed by atoms with van der Waals surface area (Å²) in [6.07, 6.45) is 0.587. The van der Waals surface area contributed by atoms with Crippen LogP contribution >= 0.6 is 23.5 Å². The van der Waals surface area contributed by atoms with Crippen molar-refractivity contribution in [2.75, 3.05) is 9.80 Å². The Morgan fingerprint density at radius 2 is 0.926 bits per heavy atom. The Kier molecular flexibility index (Phi) is 10.5. The second-order valence-electron chi connectivity index (χ2n) is 13.2. The lowest BCUT2D eigenvalue weighted by Gasteiger charge is -2.35. The smallest absolute Gasteiger partial charge is 0.305 e. The number of thioether (sulfide) groups is 2. The summed E-state index contributed by atoms with van der Waals surface area (Å²) in [7, 11) is 0. The largest absolute Gasteiger partial charge is 0.481 e. The molecule has 4 aromatic rings. The third-order valence-electron chi connectivity index (χ3n) is 9.63. The van der Waals surface area contributed by atoms with Crippen molar-refractivity contribution in [1.29, 1.82) is 0 Å². The Morgan fingerprint density at radius 1 is 0.611 bits per heavy atom. The summed E-state index contributed by atoms with van der Waals surface area (Å²) in [6, 6.07) is 26.6. The van der Waals surface area contributed by atoms with Crippen LogP contribution in [0.1, 0.15) is 48.9 Å². The minimum absolute atomic E-state index is 0.129. The van der Waals surface area contributed by atoms with Gasteiger partial charge in [-0.25, -0.2) is 0 Å². The predicted molar refractivity (Wildman–Crippen MR) is 203 cm³/mol. The van der Waals surface area contributed by atoms with Crippen LogP contribution in [0.5, 0.6) is 0 Å². The Bertz CT molecular complexity index is 1980. The zero-order chi connectivity index (χ0) is 38.9. The van der Waals surface area contributed by atoms with Gasteiger partial charge in [0.1, 0.15) is 9.74 Å². The molecule has 0 saturated carbocycles. The fourth-order valence-electron chi connectivity index (χ4n) is 6.88. The molecule has 2 amide bonds. The van der Waals surface area contributed by atoms with Crippen LogP contribution < -0.4 is 9.80 Å². The molecule has 54 heavy (non-hydrogen) atoms. The third kappa shape index (κ3) is 7.39. The minimum atomic E-state index is -1.11. The van der Waals surface area contributed by atoms with Crippen LogP contribution in [0, 0.1) is 20.2 Å². The number of carboxylic acids is 2. The third-order valence-corrected chi connectivity index (χ3v) is 12.7. The molecule has 2 heterocycles. The van der Waals surface area contributed by atoms with Gasteiger partial charge in [0.2, 0.25) is 11.8 Å². The molecule has 0 aromatic heterocycles. The fourth-order valence-corrected chi connectivity index (χ4v) is 10.0. The van der Waals surface area contributed by atoms with Gasteiger partial charge in [0.15, 0.2) is 0 Å². The maximum Gasteiger partial charge on any atom is 0.305 e. The standard InChI is InChI=1S/C38H34N4O10S2/c1-37(39(35(47)31(53-37)21-33(43)44)27-13-17-29(18-14-27)41(49)50)25-9-5-23(6-10-25)3-4-24-7-11-26(12-8-24)38(2)40(36(48)32(54-38)22-34(45)46)28-15-19-30(20-16-28)42(51)52/h5-20,31-32H,3-4,21-22H2,1-2H3,(H,43,44)(H,45,46)/t31-,32-,37-,38-/m0/s1. The lowest BCUT2D eigenvalue weighted by molar-refractivity contribution is -0.385. The van der Waals surface area contributed by atoms with Crippen LogP contribution in [0.25, 0.3) is 0 Å². The molecule has 4 aromatic carbocycles. The molecule has 0 bridgehead atoms. The monoisotopic (exact) mass is 770 g/mol. The first kappa shape index (κ1) is 38.0. The molecule has 2 aliphatic rings. The highest BCUT2D eigenvalue weighted by Gasteiger charge is 2.52. The Hall–Kier alpha value is -5.74. The van der Waals surface area contributed by atoms with Gasteiger partial charge in [-0.2, -0.15) is 0 Å². The Balaban J connectivity index is 1.19. The van der Waals surface area contributed by atoms with Gasteiger partial charge in [0.05, 0.1) is 33.2 Å². The Labute approximate surface area is 317 Å². The number of non-ortho nitro benzene ring substituents is 2. The van der Waals surface area contributed by atoms with Crippen molar-refractivity contribution in [2.45, 2.75) is 59.8 Å². The van der Waals surface area contributed by atoms with E-state index < -0.39 is 53.8 Å². The van der Waals surface area contributed by atoms with Crippen molar-refractivity contribution >= 4 is 70.0 Å². The van der Waals surface area contributed by atoms with E-state index in [1.807, 2.05) is 62.4 Å². The van der Waals surface area contributed by atoms with E-state index in [1.165, 1.54) is 81.9 Å². The summed E-state index contributed by atoms with van der Waals surface area (Å²) < 4.78 is 0. The van der Waals surface area contributed by atoms with Crippen molar-refractivity contribution in [3.63, 3.8) is 0 Å². The van der Waals surface area contributed by atoms with Gasteiger partial charge in [0.25, 0.3) is 11.4 Å². The predicted octanol–water partition coefficient (Wildman–Crippen LogP) is 6.88. The molecule has 2 aliphatic heterocycles. The molecule has 0 aliphatic carbocycles. The van der Waals surface area contributed by atoms with Crippen molar-refractivity contribution in [1.82, 2.24) is 0 Å². The summed E-state index contributed by atoms with van der Waals surface area (Å²) in [5, 5.41) is 39.7. The van der Waals surface area contributed by atoms with Crippen LogP contribution in [0.15, 0.2) is 97.1 Å². The zero-order valence-corrected chi connectivity index (χ0v) is 30.6. The number of nitro groups is 2. The normalized spacial score (nSPS) is 22.4. The number of hydrogen-bond acceptors (Lipinski definition) is 10. The van der Waals surface area contributed by atoms with Crippen molar-refractivity contribution < 1.29 is 39.2 Å². The number of aryl methyl sites for hydroxylation is 2. The van der Waals surface area contributed by atoms with Gasteiger partial charge in [-0.05, 0) is 73.2 Å². The van der Waals surface area contributed by atoms with Crippen LogP contribution in [0.2, 0.25) is 0 Å². The van der Waals surface area contributed by atoms with E-state index in [9.17, 15) is 49.6 Å². The summed E-state index contributed by atoms with van der Waals surface area (Å²) in [6.45, 7) is 3.66. The molecule has 2 fully saturated rings. The highest BCUT2D eigenvalue weighted by Crippen LogP contribution is 2.53. The van der Waals surface area contributed by atoms with Crippen LogP contribution in [-0.2, 0) is 41.8 Å².